The minimum atomic E-state index is 0.635. The SMILES string of the molecule is CCNCc1ccc(N2CCN(C(C)C)CC2)nn1. The van der Waals surface area contributed by atoms with Crippen molar-refractivity contribution in [1.29, 1.82) is 0 Å². The zero-order chi connectivity index (χ0) is 13.7. The first-order chi connectivity index (χ1) is 9.20. The lowest BCUT2D eigenvalue weighted by Crippen LogP contribution is -2.49. The first kappa shape index (κ1) is 14.2. The summed E-state index contributed by atoms with van der Waals surface area (Å²) in [6.07, 6.45) is 0. The molecule has 1 aliphatic rings. The molecule has 0 saturated carbocycles. The van der Waals surface area contributed by atoms with Gasteiger partial charge in [0.2, 0.25) is 0 Å². The Hall–Kier alpha value is -1.20. The van der Waals surface area contributed by atoms with E-state index in [0.29, 0.717) is 6.04 Å². The highest BCUT2D eigenvalue weighted by Gasteiger charge is 2.19. The molecule has 1 aromatic heterocycles. The van der Waals surface area contributed by atoms with Crippen molar-refractivity contribution >= 4 is 5.82 Å². The standard InChI is InChI=1S/C14H25N5/c1-4-15-11-13-5-6-14(17-16-13)19-9-7-18(8-10-19)12(2)3/h5-6,12,15H,4,7-11H2,1-3H3. The molecule has 2 rings (SSSR count). The Morgan fingerprint density at radius 3 is 2.42 bits per heavy atom. The average molecular weight is 263 g/mol. The molecule has 0 amide bonds. The summed E-state index contributed by atoms with van der Waals surface area (Å²) >= 11 is 0. The molecule has 0 aromatic carbocycles. The Morgan fingerprint density at radius 1 is 1.16 bits per heavy atom. The van der Waals surface area contributed by atoms with Gasteiger partial charge in [-0.05, 0) is 32.5 Å². The molecule has 0 bridgehead atoms. The quantitative estimate of drug-likeness (QED) is 0.862. The molecular formula is C14H25N5. The van der Waals surface area contributed by atoms with Gasteiger partial charge < -0.3 is 10.2 Å². The molecule has 1 aliphatic heterocycles. The van der Waals surface area contributed by atoms with Crippen LogP contribution in [0.25, 0.3) is 0 Å². The highest BCUT2D eigenvalue weighted by molar-refractivity contribution is 5.37. The van der Waals surface area contributed by atoms with Gasteiger partial charge >= 0.3 is 0 Å². The molecule has 5 heteroatoms. The van der Waals surface area contributed by atoms with Crippen LogP contribution in [0.1, 0.15) is 26.5 Å². The van der Waals surface area contributed by atoms with Gasteiger partial charge in [-0.3, -0.25) is 4.90 Å². The highest BCUT2D eigenvalue weighted by Crippen LogP contribution is 2.14. The van der Waals surface area contributed by atoms with Gasteiger partial charge in [-0.1, -0.05) is 6.92 Å². The smallest absolute Gasteiger partial charge is 0.151 e. The zero-order valence-corrected chi connectivity index (χ0v) is 12.3. The molecule has 0 aliphatic carbocycles. The molecule has 0 atom stereocenters. The molecule has 0 radical (unpaired) electrons. The van der Waals surface area contributed by atoms with E-state index in [1.807, 2.05) is 0 Å². The Balaban J connectivity index is 1.89. The summed E-state index contributed by atoms with van der Waals surface area (Å²) < 4.78 is 0. The van der Waals surface area contributed by atoms with Crippen molar-refractivity contribution in [3.63, 3.8) is 0 Å². The van der Waals surface area contributed by atoms with Gasteiger partial charge in [0, 0.05) is 38.8 Å². The summed E-state index contributed by atoms with van der Waals surface area (Å²) in [7, 11) is 0. The second-order valence-corrected chi connectivity index (χ2v) is 5.28. The van der Waals surface area contributed by atoms with Gasteiger partial charge in [-0.25, -0.2) is 0 Å². The van der Waals surface area contributed by atoms with Crippen LogP contribution in [-0.2, 0) is 6.54 Å². The molecule has 0 unspecified atom stereocenters. The summed E-state index contributed by atoms with van der Waals surface area (Å²) in [5.74, 6) is 1.00. The lowest BCUT2D eigenvalue weighted by Gasteiger charge is -2.37. The predicted octanol–water partition coefficient (Wildman–Crippen LogP) is 1.12. The third-order valence-electron chi connectivity index (χ3n) is 3.63. The lowest BCUT2D eigenvalue weighted by molar-refractivity contribution is 0.209. The molecule has 2 heterocycles. The Labute approximate surface area is 116 Å². The fraction of sp³-hybridized carbons (Fsp3) is 0.714. The maximum Gasteiger partial charge on any atom is 0.151 e. The van der Waals surface area contributed by atoms with E-state index < -0.39 is 0 Å². The molecule has 106 valence electrons. The highest BCUT2D eigenvalue weighted by atomic mass is 15.3. The number of piperazine rings is 1. The van der Waals surface area contributed by atoms with Crippen LogP contribution in [0.4, 0.5) is 5.82 Å². The van der Waals surface area contributed by atoms with E-state index in [0.717, 1.165) is 50.8 Å². The van der Waals surface area contributed by atoms with Crippen LogP contribution in [0.15, 0.2) is 12.1 Å². The number of hydrogen-bond acceptors (Lipinski definition) is 5. The zero-order valence-electron chi connectivity index (χ0n) is 12.3. The third-order valence-corrected chi connectivity index (χ3v) is 3.63. The van der Waals surface area contributed by atoms with Crippen molar-refractivity contribution < 1.29 is 0 Å². The minimum absolute atomic E-state index is 0.635. The van der Waals surface area contributed by atoms with Crippen molar-refractivity contribution in [1.82, 2.24) is 20.4 Å². The van der Waals surface area contributed by atoms with Crippen molar-refractivity contribution in [3.8, 4) is 0 Å². The fourth-order valence-corrected chi connectivity index (χ4v) is 2.34. The van der Waals surface area contributed by atoms with Crippen molar-refractivity contribution in [3.05, 3.63) is 17.8 Å². The van der Waals surface area contributed by atoms with Crippen LogP contribution in [0, 0.1) is 0 Å². The monoisotopic (exact) mass is 263 g/mol. The third kappa shape index (κ3) is 3.88. The molecule has 19 heavy (non-hydrogen) atoms. The summed E-state index contributed by atoms with van der Waals surface area (Å²) in [4.78, 5) is 4.83. The topological polar surface area (TPSA) is 44.3 Å². The van der Waals surface area contributed by atoms with E-state index in [1.54, 1.807) is 0 Å². The maximum atomic E-state index is 4.34. The summed E-state index contributed by atoms with van der Waals surface area (Å²) in [6.45, 7) is 12.7. The van der Waals surface area contributed by atoms with Gasteiger partial charge in [0.1, 0.15) is 0 Å². The second kappa shape index (κ2) is 6.82. The van der Waals surface area contributed by atoms with E-state index in [4.69, 9.17) is 0 Å². The van der Waals surface area contributed by atoms with E-state index in [-0.39, 0.29) is 0 Å². The number of aromatic nitrogens is 2. The molecule has 1 fully saturated rings. The van der Waals surface area contributed by atoms with Crippen LogP contribution >= 0.6 is 0 Å². The molecular weight excluding hydrogens is 238 g/mol. The fourth-order valence-electron chi connectivity index (χ4n) is 2.34. The van der Waals surface area contributed by atoms with Gasteiger partial charge in [0.25, 0.3) is 0 Å². The minimum Gasteiger partial charge on any atom is -0.353 e. The molecule has 1 N–H and O–H groups in total. The lowest BCUT2D eigenvalue weighted by atomic mass is 10.2. The maximum absolute atomic E-state index is 4.34. The van der Waals surface area contributed by atoms with Crippen LogP contribution in [0.3, 0.4) is 0 Å². The first-order valence-corrected chi connectivity index (χ1v) is 7.23. The number of hydrogen-bond donors (Lipinski definition) is 1. The van der Waals surface area contributed by atoms with Gasteiger partial charge in [0.05, 0.1) is 5.69 Å². The Kier molecular flexibility index (Phi) is 5.10. The largest absolute Gasteiger partial charge is 0.353 e. The normalized spacial score (nSPS) is 17.2. The summed E-state index contributed by atoms with van der Waals surface area (Å²) in [5.41, 5.74) is 1.01. The number of nitrogens with zero attached hydrogens (tertiary/aromatic N) is 4. The van der Waals surface area contributed by atoms with E-state index in [9.17, 15) is 0 Å². The van der Waals surface area contributed by atoms with E-state index in [2.05, 4.69) is 58.2 Å². The van der Waals surface area contributed by atoms with Gasteiger partial charge in [-0.15, -0.1) is 5.10 Å². The van der Waals surface area contributed by atoms with Crippen LogP contribution in [0.5, 0.6) is 0 Å². The van der Waals surface area contributed by atoms with Crippen LogP contribution < -0.4 is 10.2 Å². The van der Waals surface area contributed by atoms with Crippen LogP contribution in [0.2, 0.25) is 0 Å². The number of rotatable bonds is 5. The first-order valence-electron chi connectivity index (χ1n) is 7.23. The van der Waals surface area contributed by atoms with Crippen molar-refractivity contribution in [2.45, 2.75) is 33.4 Å². The molecule has 5 nitrogen and oxygen atoms in total. The van der Waals surface area contributed by atoms with Crippen molar-refractivity contribution in [2.24, 2.45) is 0 Å². The summed E-state index contributed by atoms with van der Waals surface area (Å²) in [6, 6.07) is 4.79. The van der Waals surface area contributed by atoms with E-state index >= 15 is 0 Å². The predicted molar refractivity (Wildman–Crippen MR) is 78.3 cm³/mol. The van der Waals surface area contributed by atoms with Gasteiger partial charge in [-0.2, -0.15) is 5.10 Å². The second-order valence-electron chi connectivity index (χ2n) is 5.28. The molecule has 1 saturated heterocycles. The number of nitrogens with one attached hydrogen (secondary N) is 1. The van der Waals surface area contributed by atoms with Crippen LogP contribution in [-0.4, -0.2) is 53.9 Å². The molecule has 1 aromatic rings. The molecule has 0 spiro atoms. The van der Waals surface area contributed by atoms with Gasteiger partial charge in [0.15, 0.2) is 5.82 Å². The van der Waals surface area contributed by atoms with E-state index in [1.165, 1.54) is 0 Å². The number of anilines is 1. The average Bonchev–Trinajstić information content (AvgIpc) is 2.46. The Bertz CT molecular complexity index is 368. The van der Waals surface area contributed by atoms with Crippen molar-refractivity contribution in [2.75, 3.05) is 37.6 Å². The summed E-state index contributed by atoms with van der Waals surface area (Å²) in [5, 5.41) is 11.9. The Morgan fingerprint density at radius 2 is 1.89 bits per heavy atom.